The van der Waals surface area contributed by atoms with E-state index in [1.54, 1.807) is 6.92 Å². The molecular weight excluding hydrogens is 182 g/mol. The summed E-state index contributed by atoms with van der Waals surface area (Å²) in [6.07, 6.45) is 0. The first-order valence-corrected chi connectivity index (χ1v) is 4.67. The van der Waals surface area contributed by atoms with E-state index in [2.05, 4.69) is 11.9 Å². The molecule has 0 spiro atoms. The summed E-state index contributed by atoms with van der Waals surface area (Å²) in [5.41, 5.74) is 0.529. The number of hydrogen-bond acceptors (Lipinski definition) is 4. The summed E-state index contributed by atoms with van der Waals surface area (Å²) in [5.74, 6) is -0.0553. The number of rotatable bonds is 9. The molecule has 0 aliphatic heterocycles. The second-order valence-electron chi connectivity index (χ2n) is 2.97. The Labute approximate surface area is 85.3 Å². The minimum absolute atomic E-state index is 0.0553. The number of hydrogen-bond donors (Lipinski definition) is 1. The van der Waals surface area contributed by atoms with Gasteiger partial charge in [0, 0.05) is 6.54 Å². The van der Waals surface area contributed by atoms with Crippen molar-refractivity contribution in [1.29, 1.82) is 0 Å². The lowest BCUT2D eigenvalue weighted by Gasteiger charge is -2.04. The average molecular weight is 201 g/mol. The highest BCUT2D eigenvalue weighted by Gasteiger charge is 2.01. The summed E-state index contributed by atoms with van der Waals surface area (Å²) < 4.78 is 10.3. The second-order valence-corrected chi connectivity index (χ2v) is 2.97. The topological polar surface area (TPSA) is 47.6 Å². The Hall–Kier alpha value is -0.710. The lowest BCUT2D eigenvalue weighted by Crippen LogP contribution is -2.17. The van der Waals surface area contributed by atoms with Crippen LogP contribution in [-0.2, 0) is 14.3 Å². The monoisotopic (exact) mass is 201 g/mol. The van der Waals surface area contributed by atoms with E-state index in [1.165, 1.54) is 0 Å². The quantitative estimate of drug-likeness (QED) is 0.433. The molecule has 14 heavy (non-hydrogen) atoms. The maximum Gasteiger partial charge on any atom is 0.183 e. The van der Waals surface area contributed by atoms with E-state index in [4.69, 9.17) is 9.47 Å². The molecule has 0 aromatic heterocycles. The summed E-state index contributed by atoms with van der Waals surface area (Å²) >= 11 is 0. The average Bonchev–Trinajstić information content (AvgIpc) is 2.16. The van der Waals surface area contributed by atoms with Crippen LogP contribution in [0.5, 0.6) is 0 Å². The number of carbonyl (C=O) groups is 1. The van der Waals surface area contributed by atoms with E-state index in [0.29, 0.717) is 25.4 Å². The minimum atomic E-state index is -0.0553. The Morgan fingerprint density at radius 2 is 1.93 bits per heavy atom. The molecule has 0 aromatic rings. The van der Waals surface area contributed by atoms with Crippen LogP contribution in [0.4, 0.5) is 0 Å². The lowest BCUT2D eigenvalue weighted by molar-refractivity contribution is -0.120. The van der Waals surface area contributed by atoms with Crippen LogP contribution in [0.25, 0.3) is 0 Å². The van der Waals surface area contributed by atoms with Gasteiger partial charge >= 0.3 is 0 Å². The standard InChI is InChI=1S/C10H19NO3/c1-9(2)10(12)8-14-7-6-13-5-4-11-3/h11H,1,4-8H2,2-3H3. The zero-order chi connectivity index (χ0) is 10.8. The molecule has 1 N–H and O–H groups in total. The summed E-state index contributed by atoms with van der Waals surface area (Å²) in [5, 5.41) is 2.96. The third-order valence-electron chi connectivity index (χ3n) is 1.58. The molecular formula is C10H19NO3. The van der Waals surface area contributed by atoms with Crippen molar-refractivity contribution in [3.8, 4) is 0 Å². The Morgan fingerprint density at radius 3 is 2.50 bits per heavy atom. The molecule has 0 fully saturated rings. The molecule has 0 saturated carbocycles. The van der Waals surface area contributed by atoms with Gasteiger partial charge in [0.2, 0.25) is 0 Å². The predicted octanol–water partition coefficient (Wildman–Crippen LogP) is 0.384. The summed E-state index contributed by atoms with van der Waals surface area (Å²) in [6, 6.07) is 0. The fourth-order valence-corrected chi connectivity index (χ4v) is 0.682. The highest BCUT2D eigenvalue weighted by atomic mass is 16.5. The highest BCUT2D eigenvalue weighted by Crippen LogP contribution is 1.90. The van der Waals surface area contributed by atoms with Gasteiger partial charge in [0.05, 0.1) is 19.8 Å². The van der Waals surface area contributed by atoms with Crippen molar-refractivity contribution in [1.82, 2.24) is 5.32 Å². The van der Waals surface area contributed by atoms with Crippen molar-refractivity contribution >= 4 is 5.78 Å². The second kappa shape index (κ2) is 8.87. The van der Waals surface area contributed by atoms with Gasteiger partial charge < -0.3 is 14.8 Å². The van der Waals surface area contributed by atoms with Gasteiger partial charge in [-0.2, -0.15) is 0 Å². The predicted molar refractivity (Wildman–Crippen MR) is 55.4 cm³/mol. The van der Waals surface area contributed by atoms with Crippen molar-refractivity contribution in [2.45, 2.75) is 6.92 Å². The molecule has 0 amide bonds. The fraction of sp³-hybridized carbons (Fsp3) is 0.700. The first kappa shape index (κ1) is 13.3. The van der Waals surface area contributed by atoms with Crippen molar-refractivity contribution in [2.75, 3.05) is 40.0 Å². The smallest absolute Gasteiger partial charge is 0.183 e. The Bertz CT molecular complexity index is 180. The van der Waals surface area contributed by atoms with Gasteiger partial charge in [-0.3, -0.25) is 4.79 Å². The molecule has 4 heteroatoms. The molecule has 0 bridgehead atoms. The van der Waals surface area contributed by atoms with Crippen molar-refractivity contribution in [2.24, 2.45) is 0 Å². The lowest BCUT2D eigenvalue weighted by atomic mass is 10.2. The Morgan fingerprint density at radius 1 is 1.29 bits per heavy atom. The van der Waals surface area contributed by atoms with Gasteiger partial charge in [0.25, 0.3) is 0 Å². The molecule has 0 heterocycles. The molecule has 0 aliphatic carbocycles. The first-order valence-electron chi connectivity index (χ1n) is 4.67. The highest BCUT2D eigenvalue weighted by molar-refractivity contribution is 5.95. The number of ether oxygens (including phenoxy) is 2. The van der Waals surface area contributed by atoms with Crippen LogP contribution in [0.3, 0.4) is 0 Å². The molecule has 0 radical (unpaired) electrons. The molecule has 82 valence electrons. The molecule has 4 nitrogen and oxygen atoms in total. The van der Waals surface area contributed by atoms with Crippen LogP contribution in [0.15, 0.2) is 12.2 Å². The van der Waals surface area contributed by atoms with E-state index in [0.717, 1.165) is 6.54 Å². The van der Waals surface area contributed by atoms with Crippen molar-refractivity contribution in [3.05, 3.63) is 12.2 Å². The van der Waals surface area contributed by atoms with Crippen LogP contribution in [0, 0.1) is 0 Å². The normalized spacial score (nSPS) is 10.1. The summed E-state index contributed by atoms with van der Waals surface area (Å²) in [7, 11) is 1.87. The third-order valence-corrected chi connectivity index (χ3v) is 1.58. The molecule has 0 aliphatic rings. The zero-order valence-corrected chi connectivity index (χ0v) is 8.97. The van der Waals surface area contributed by atoms with Crippen LogP contribution in [0.1, 0.15) is 6.92 Å². The van der Waals surface area contributed by atoms with Crippen LogP contribution in [0.2, 0.25) is 0 Å². The fourth-order valence-electron chi connectivity index (χ4n) is 0.682. The maximum absolute atomic E-state index is 11.0. The minimum Gasteiger partial charge on any atom is -0.378 e. The number of nitrogens with one attached hydrogen (secondary N) is 1. The SMILES string of the molecule is C=C(C)C(=O)COCCOCCNC. The Kier molecular flexibility index (Phi) is 8.42. The molecule has 0 aromatic carbocycles. The largest absolute Gasteiger partial charge is 0.378 e. The molecule has 0 atom stereocenters. The van der Waals surface area contributed by atoms with Gasteiger partial charge in [-0.05, 0) is 19.5 Å². The van der Waals surface area contributed by atoms with Crippen LogP contribution >= 0.6 is 0 Å². The summed E-state index contributed by atoms with van der Waals surface area (Å²) in [4.78, 5) is 11.0. The first-order chi connectivity index (χ1) is 6.68. The summed E-state index contributed by atoms with van der Waals surface area (Å²) in [6.45, 7) is 7.75. The molecule has 0 unspecified atom stereocenters. The third kappa shape index (κ3) is 7.91. The van der Waals surface area contributed by atoms with Crippen LogP contribution in [-0.4, -0.2) is 45.8 Å². The Balaban J connectivity index is 3.13. The van der Waals surface area contributed by atoms with Gasteiger partial charge in [0.15, 0.2) is 5.78 Å². The number of carbonyl (C=O) groups excluding carboxylic acids is 1. The van der Waals surface area contributed by atoms with E-state index >= 15 is 0 Å². The van der Waals surface area contributed by atoms with Gasteiger partial charge in [-0.1, -0.05) is 6.58 Å². The van der Waals surface area contributed by atoms with Crippen LogP contribution < -0.4 is 5.32 Å². The van der Waals surface area contributed by atoms with Crippen molar-refractivity contribution in [3.63, 3.8) is 0 Å². The van der Waals surface area contributed by atoms with E-state index in [-0.39, 0.29) is 12.4 Å². The van der Waals surface area contributed by atoms with Gasteiger partial charge in [-0.15, -0.1) is 0 Å². The van der Waals surface area contributed by atoms with Gasteiger partial charge in [-0.25, -0.2) is 0 Å². The maximum atomic E-state index is 11.0. The zero-order valence-electron chi connectivity index (χ0n) is 8.97. The van der Waals surface area contributed by atoms with E-state index in [1.807, 2.05) is 7.05 Å². The van der Waals surface area contributed by atoms with E-state index < -0.39 is 0 Å². The number of Topliss-reactive ketones (excluding diaryl/α,β-unsaturated/α-hetero) is 1. The van der Waals surface area contributed by atoms with Crippen molar-refractivity contribution < 1.29 is 14.3 Å². The van der Waals surface area contributed by atoms with Gasteiger partial charge in [0.1, 0.15) is 6.61 Å². The van der Waals surface area contributed by atoms with E-state index in [9.17, 15) is 4.79 Å². The molecule has 0 saturated heterocycles. The molecule has 0 rings (SSSR count). The number of ketones is 1. The number of likely N-dealkylation sites (N-methyl/N-ethyl adjacent to an activating group) is 1.